The molecule has 124 valence electrons. The van der Waals surface area contributed by atoms with Crippen molar-refractivity contribution in [3.05, 3.63) is 58.5 Å². The molecule has 1 aromatic carbocycles. The fourth-order valence-corrected chi connectivity index (χ4v) is 3.08. The highest BCUT2D eigenvalue weighted by atomic mass is 32.2. The number of furan rings is 1. The molecule has 23 heavy (non-hydrogen) atoms. The zero-order valence-electron chi connectivity index (χ0n) is 12.7. The Bertz CT molecular complexity index is 754. The van der Waals surface area contributed by atoms with Crippen LogP contribution in [-0.4, -0.2) is 38.9 Å². The van der Waals surface area contributed by atoms with Gasteiger partial charge >= 0.3 is 0 Å². The minimum atomic E-state index is -3.76. The average Bonchev–Trinajstić information content (AvgIpc) is 3.01. The van der Waals surface area contributed by atoms with Gasteiger partial charge < -0.3 is 4.42 Å². The molecule has 1 atom stereocenters. The van der Waals surface area contributed by atoms with Gasteiger partial charge in [0.15, 0.2) is 0 Å². The summed E-state index contributed by atoms with van der Waals surface area (Å²) in [5, 5.41) is 10.6. The number of benzene rings is 1. The third kappa shape index (κ3) is 4.15. The van der Waals surface area contributed by atoms with Crippen LogP contribution in [-0.2, 0) is 10.0 Å². The second-order valence-corrected chi connectivity index (χ2v) is 6.86. The van der Waals surface area contributed by atoms with Crippen LogP contribution in [0, 0.1) is 10.1 Å². The summed E-state index contributed by atoms with van der Waals surface area (Å²) in [5.74, 6) is 0.640. The summed E-state index contributed by atoms with van der Waals surface area (Å²) in [6, 6.07) is 7.96. The normalized spacial score (nSPS) is 13.2. The van der Waals surface area contributed by atoms with E-state index in [9.17, 15) is 18.5 Å². The van der Waals surface area contributed by atoms with Crippen molar-refractivity contribution < 1.29 is 17.8 Å². The number of sulfonamides is 1. The maximum absolute atomic E-state index is 12.3. The minimum Gasteiger partial charge on any atom is -0.468 e. The van der Waals surface area contributed by atoms with Crippen molar-refractivity contribution in [2.24, 2.45) is 0 Å². The van der Waals surface area contributed by atoms with E-state index < -0.39 is 14.9 Å². The molecule has 1 N–H and O–H groups in total. The van der Waals surface area contributed by atoms with E-state index in [1.54, 1.807) is 12.1 Å². The number of non-ortho nitro benzene ring substituents is 1. The van der Waals surface area contributed by atoms with Crippen molar-refractivity contribution in [3.63, 3.8) is 0 Å². The molecule has 0 amide bonds. The lowest BCUT2D eigenvalue weighted by Crippen LogP contribution is -2.34. The molecule has 0 saturated carbocycles. The third-order valence-electron chi connectivity index (χ3n) is 3.32. The van der Waals surface area contributed by atoms with Crippen molar-refractivity contribution in [3.8, 4) is 0 Å². The summed E-state index contributed by atoms with van der Waals surface area (Å²) in [7, 11) is -0.138. The van der Waals surface area contributed by atoms with E-state index in [4.69, 9.17) is 4.42 Å². The Morgan fingerprint density at radius 2 is 1.91 bits per heavy atom. The number of nitro benzene ring substituents is 1. The molecule has 0 aliphatic carbocycles. The van der Waals surface area contributed by atoms with E-state index >= 15 is 0 Å². The number of hydrogen-bond donors (Lipinski definition) is 1. The van der Waals surface area contributed by atoms with Crippen molar-refractivity contribution in [2.45, 2.75) is 10.9 Å². The standard InChI is InChI=1S/C14H17N3O5S/c1-16(2)13(14-4-3-9-22-14)10-15-23(20,21)12-7-5-11(6-8-12)17(18)19/h3-9,13,15H,10H2,1-2H3. The lowest BCUT2D eigenvalue weighted by atomic mass is 10.2. The molecule has 2 aromatic rings. The zero-order chi connectivity index (χ0) is 17.0. The van der Waals surface area contributed by atoms with Crippen LogP contribution in [0.4, 0.5) is 5.69 Å². The Balaban J connectivity index is 2.12. The summed E-state index contributed by atoms with van der Waals surface area (Å²) >= 11 is 0. The monoisotopic (exact) mass is 339 g/mol. The first-order valence-corrected chi connectivity index (χ1v) is 8.23. The van der Waals surface area contributed by atoms with Crippen LogP contribution in [0.5, 0.6) is 0 Å². The molecular weight excluding hydrogens is 322 g/mol. The molecule has 1 aromatic heterocycles. The van der Waals surface area contributed by atoms with Crippen LogP contribution in [0.25, 0.3) is 0 Å². The number of nitrogens with zero attached hydrogens (tertiary/aromatic N) is 2. The Morgan fingerprint density at radius 1 is 1.26 bits per heavy atom. The molecule has 0 fully saturated rings. The molecule has 0 spiro atoms. The molecule has 9 heteroatoms. The number of nitro groups is 1. The van der Waals surface area contributed by atoms with E-state index in [1.807, 2.05) is 19.0 Å². The summed E-state index contributed by atoms with van der Waals surface area (Å²) in [6.45, 7) is 0.111. The van der Waals surface area contributed by atoms with Gasteiger partial charge in [-0.15, -0.1) is 0 Å². The molecule has 0 saturated heterocycles. The predicted octanol–water partition coefficient (Wildman–Crippen LogP) is 1.77. The molecular formula is C14H17N3O5S. The summed E-state index contributed by atoms with van der Waals surface area (Å²) in [6.07, 6.45) is 1.52. The predicted molar refractivity (Wildman–Crippen MR) is 83.4 cm³/mol. The van der Waals surface area contributed by atoms with Crippen LogP contribution in [0.3, 0.4) is 0 Å². The van der Waals surface area contributed by atoms with Crippen LogP contribution in [0.2, 0.25) is 0 Å². The minimum absolute atomic E-state index is 0.0277. The van der Waals surface area contributed by atoms with Crippen molar-refractivity contribution in [1.29, 1.82) is 0 Å². The van der Waals surface area contributed by atoms with Gasteiger partial charge in [0, 0.05) is 18.7 Å². The summed E-state index contributed by atoms with van der Waals surface area (Å²) in [4.78, 5) is 11.8. The van der Waals surface area contributed by atoms with E-state index in [1.165, 1.54) is 18.4 Å². The number of nitrogens with one attached hydrogen (secondary N) is 1. The Morgan fingerprint density at radius 3 is 2.39 bits per heavy atom. The van der Waals surface area contributed by atoms with Crippen LogP contribution in [0.15, 0.2) is 52.0 Å². The Hall–Kier alpha value is -2.23. The highest BCUT2D eigenvalue weighted by molar-refractivity contribution is 7.89. The van der Waals surface area contributed by atoms with Crippen LogP contribution < -0.4 is 4.72 Å². The maximum Gasteiger partial charge on any atom is 0.269 e. The summed E-state index contributed by atoms with van der Waals surface area (Å²) in [5.41, 5.74) is -0.161. The lowest BCUT2D eigenvalue weighted by molar-refractivity contribution is -0.384. The van der Waals surface area contributed by atoms with Gasteiger partial charge in [0.25, 0.3) is 5.69 Å². The van der Waals surface area contributed by atoms with E-state index in [-0.39, 0.29) is 23.2 Å². The average molecular weight is 339 g/mol. The van der Waals surface area contributed by atoms with Gasteiger partial charge in [-0.2, -0.15) is 0 Å². The van der Waals surface area contributed by atoms with Gasteiger partial charge in [0.2, 0.25) is 10.0 Å². The molecule has 8 nitrogen and oxygen atoms in total. The number of hydrogen-bond acceptors (Lipinski definition) is 6. The second-order valence-electron chi connectivity index (χ2n) is 5.10. The SMILES string of the molecule is CN(C)C(CNS(=O)(=O)c1ccc([N+](=O)[O-])cc1)c1ccco1. The highest BCUT2D eigenvalue weighted by Crippen LogP contribution is 2.20. The fraction of sp³-hybridized carbons (Fsp3) is 0.286. The quantitative estimate of drug-likeness (QED) is 0.609. The van der Waals surface area contributed by atoms with E-state index in [2.05, 4.69) is 4.72 Å². The van der Waals surface area contributed by atoms with Crippen LogP contribution >= 0.6 is 0 Å². The molecule has 0 radical (unpaired) electrons. The molecule has 0 aliphatic rings. The summed E-state index contributed by atoms with van der Waals surface area (Å²) < 4.78 is 32.4. The van der Waals surface area contributed by atoms with Gasteiger partial charge in [-0.25, -0.2) is 13.1 Å². The second kappa shape index (κ2) is 6.90. The van der Waals surface area contributed by atoms with E-state index in [0.717, 1.165) is 12.1 Å². The molecule has 1 unspecified atom stereocenters. The van der Waals surface area contributed by atoms with Crippen molar-refractivity contribution in [2.75, 3.05) is 20.6 Å². The van der Waals surface area contributed by atoms with Gasteiger partial charge in [-0.3, -0.25) is 15.0 Å². The largest absolute Gasteiger partial charge is 0.468 e. The third-order valence-corrected chi connectivity index (χ3v) is 4.76. The first-order valence-electron chi connectivity index (χ1n) is 6.75. The first kappa shape index (κ1) is 17.1. The Labute approximate surface area is 133 Å². The van der Waals surface area contributed by atoms with Crippen molar-refractivity contribution in [1.82, 2.24) is 9.62 Å². The zero-order valence-corrected chi connectivity index (χ0v) is 13.5. The fourth-order valence-electron chi connectivity index (χ4n) is 2.04. The van der Waals surface area contributed by atoms with Crippen LogP contribution in [0.1, 0.15) is 11.8 Å². The lowest BCUT2D eigenvalue weighted by Gasteiger charge is -2.22. The van der Waals surface area contributed by atoms with Gasteiger partial charge in [0.1, 0.15) is 5.76 Å². The molecule has 0 bridgehead atoms. The maximum atomic E-state index is 12.3. The molecule has 1 heterocycles. The van der Waals surface area contributed by atoms with Gasteiger partial charge in [-0.05, 0) is 38.4 Å². The van der Waals surface area contributed by atoms with Gasteiger partial charge in [0.05, 0.1) is 22.1 Å². The first-order chi connectivity index (χ1) is 10.8. The molecule has 0 aliphatic heterocycles. The smallest absolute Gasteiger partial charge is 0.269 e. The topological polar surface area (TPSA) is 106 Å². The highest BCUT2D eigenvalue weighted by Gasteiger charge is 2.22. The van der Waals surface area contributed by atoms with Gasteiger partial charge in [-0.1, -0.05) is 0 Å². The Kier molecular flexibility index (Phi) is 5.14. The number of likely N-dealkylation sites (N-methyl/N-ethyl adjacent to an activating group) is 1. The number of rotatable bonds is 7. The molecule has 2 rings (SSSR count). The van der Waals surface area contributed by atoms with E-state index in [0.29, 0.717) is 5.76 Å². The van der Waals surface area contributed by atoms with Crippen molar-refractivity contribution >= 4 is 15.7 Å².